The van der Waals surface area contributed by atoms with Gasteiger partial charge in [-0.15, -0.1) is 0 Å². The van der Waals surface area contributed by atoms with Gasteiger partial charge in [0.15, 0.2) is 0 Å². The van der Waals surface area contributed by atoms with E-state index in [0.717, 1.165) is 12.5 Å². The van der Waals surface area contributed by atoms with Gasteiger partial charge in [-0.3, -0.25) is 0 Å². The lowest BCUT2D eigenvalue weighted by Gasteiger charge is -2.09. The Morgan fingerprint density at radius 2 is 1.83 bits per heavy atom. The van der Waals surface area contributed by atoms with Crippen LogP contribution in [-0.2, 0) is 8.85 Å². The molecule has 0 unspecified atom stereocenters. The molecule has 73 valence electrons. The van der Waals surface area contributed by atoms with Crippen molar-refractivity contribution in [2.75, 3.05) is 14.2 Å². The second-order valence-corrected chi connectivity index (χ2v) is 5.29. The molecule has 0 aliphatic carbocycles. The van der Waals surface area contributed by atoms with Crippen LogP contribution in [0, 0.1) is 6.42 Å². The van der Waals surface area contributed by atoms with Gasteiger partial charge in [-0.05, 0) is 18.9 Å². The molecular formula is C9H21O2Si. The molecule has 0 aromatic heterocycles. The molecule has 0 heterocycles. The Hall–Kier alpha value is 0.137. The quantitative estimate of drug-likeness (QED) is 0.431. The number of hydrogen-bond donors (Lipinski definition) is 0. The van der Waals surface area contributed by atoms with Crippen LogP contribution in [0.2, 0.25) is 6.04 Å². The molecule has 0 saturated carbocycles. The van der Waals surface area contributed by atoms with Crippen LogP contribution < -0.4 is 0 Å². The molecule has 0 aliphatic heterocycles. The van der Waals surface area contributed by atoms with Gasteiger partial charge in [-0.25, -0.2) is 0 Å². The molecule has 0 fully saturated rings. The van der Waals surface area contributed by atoms with E-state index in [4.69, 9.17) is 8.85 Å². The second kappa shape index (κ2) is 9.23. The summed E-state index contributed by atoms with van der Waals surface area (Å²) in [6.07, 6.45) is 7.34. The molecule has 0 aromatic rings. The van der Waals surface area contributed by atoms with Crippen LogP contribution in [0.5, 0.6) is 0 Å². The third-order valence-corrected chi connectivity index (χ3v) is 3.75. The minimum absolute atomic E-state index is 1.11. The molecule has 0 amide bonds. The fourth-order valence-corrected chi connectivity index (χ4v) is 2.25. The number of unbranched alkanes of at least 4 members (excludes halogenated alkanes) is 4. The van der Waals surface area contributed by atoms with Crippen molar-refractivity contribution in [1.82, 2.24) is 0 Å². The first-order chi connectivity index (χ1) is 5.85. The van der Waals surface area contributed by atoms with Gasteiger partial charge < -0.3 is 8.85 Å². The van der Waals surface area contributed by atoms with Gasteiger partial charge in [0.25, 0.3) is 0 Å². The van der Waals surface area contributed by atoms with E-state index in [1.54, 1.807) is 14.2 Å². The zero-order valence-corrected chi connectivity index (χ0v) is 9.66. The Kier molecular flexibility index (Phi) is 9.33. The fourth-order valence-electron chi connectivity index (χ4n) is 1.08. The lowest BCUT2D eigenvalue weighted by Crippen LogP contribution is -2.18. The van der Waals surface area contributed by atoms with Gasteiger partial charge in [0.05, 0.1) is 0 Å². The standard InChI is InChI=1S/C9H21O2Si/c1-4-5-6-7-8-9-12(10-2)11-3/h7,12H,4-6,8-9H2,1-3H3. The molecule has 0 spiro atoms. The highest BCUT2D eigenvalue weighted by Crippen LogP contribution is 2.06. The smallest absolute Gasteiger partial charge is 0.320 e. The topological polar surface area (TPSA) is 18.5 Å². The monoisotopic (exact) mass is 189 g/mol. The second-order valence-electron chi connectivity index (χ2n) is 2.91. The summed E-state index contributed by atoms with van der Waals surface area (Å²) in [5.41, 5.74) is 0. The van der Waals surface area contributed by atoms with Crippen molar-refractivity contribution in [1.29, 1.82) is 0 Å². The summed E-state index contributed by atoms with van der Waals surface area (Å²) < 4.78 is 10.4. The van der Waals surface area contributed by atoms with E-state index >= 15 is 0 Å². The van der Waals surface area contributed by atoms with Crippen molar-refractivity contribution in [3.05, 3.63) is 6.42 Å². The number of rotatable bonds is 8. The highest BCUT2D eigenvalue weighted by atomic mass is 28.3. The normalized spacial score (nSPS) is 11.0. The largest absolute Gasteiger partial charge is 0.400 e. The lowest BCUT2D eigenvalue weighted by atomic mass is 10.2. The summed E-state index contributed by atoms with van der Waals surface area (Å²) in [4.78, 5) is 0. The molecule has 3 heteroatoms. The summed E-state index contributed by atoms with van der Waals surface area (Å²) >= 11 is 0. The van der Waals surface area contributed by atoms with Crippen molar-refractivity contribution < 1.29 is 8.85 Å². The summed E-state index contributed by atoms with van der Waals surface area (Å²) in [6.45, 7) is 2.22. The van der Waals surface area contributed by atoms with Gasteiger partial charge in [-0.1, -0.05) is 26.2 Å². The molecular weight excluding hydrogens is 168 g/mol. The minimum atomic E-state index is -1.27. The molecule has 0 saturated heterocycles. The highest BCUT2D eigenvalue weighted by Gasteiger charge is 2.07. The van der Waals surface area contributed by atoms with E-state index in [9.17, 15) is 0 Å². The maximum Gasteiger partial charge on any atom is 0.320 e. The molecule has 0 N–H and O–H groups in total. The first-order valence-corrected chi connectivity index (χ1v) is 6.48. The van der Waals surface area contributed by atoms with Gasteiger partial charge in [0.1, 0.15) is 0 Å². The van der Waals surface area contributed by atoms with Crippen molar-refractivity contribution in [2.45, 2.75) is 38.7 Å². The van der Waals surface area contributed by atoms with E-state index in [1.165, 1.54) is 19.3 Å². The molecule has 1 radical (unpaired) electrons. The first kappa shape index (κ1) is 12.1. The van der Waals surface area contributed by atoms with Crippen LogP contribution >= 0.6 is 0 Å². The van der Waals surface area contributed by atoms with Gasteiger partial charge in [-0.2, -0.15) is 0 Å². The van der Waals surface area contributed by atoms with E-state index in [-0.39, 0.29) is 0 Å². The third kappa shape index (κ3) is 6.82. The van der Waals surface area contributed by atoms with Crippen LogP contribution in [0.15, 0.2) is 0 Å². The summed E-state index contributed by atoms with van der Waals surface area (Å²) in [5.74, 6) is 0. The SMILES string of the molecule is CCCC[CH]CC[SiH](OC)OC. The van der Waals surface area contributed by atoms with Crippen molar-refractivity contribution in [3.8, 4) is 0 Å². The van der Waals surface area contributed by atoms with Crippen molar-refractivity contribution in [3.63, 3.8) is 0 Å². The Labute approximate surface area is 78.1 Å². The summed E-state index contributed by atoms with van der Waals surface area (Å²) in [6, 6.07) is 1.11. The van der Waals surface area contributed by atoms with E-state index in [2.05, 4.69) is 13.3 Å². The summed E-state index contributed by atoms with van der Waals surface area (Å²) in [7, 11) is 2.21. The maximum absolute atomic E-state index is 5.20. The zero-order valence-electron chi connectivity index (χ0n) is 8.51. The van der Waals surface area contributed by atoms with E-state index in [1.807, 2.05) is 0 Å². The Morgan fingerprint density at radius 1 is 1.17 bits per heavy atom. The molecule has 12 heavy (non-hydrogen) atoms. The molecule has 2 nitrogen and oxygen atoms in total. The fraction of sp³-hybridized carbons (Fsp3) is 0.889. The minimum Gasteiger partial charge on any atom is -0.400 e. The van der Waals surface area contributed by atoms with Crippen LogP contribution in [0.1, 0.15) is 32.6 Å². The molecule has 0 aliphatic rings. The molecule has 0 rings (SSSR count). The summed E-state index contributed by atoms with van der Waals surface area (Å²) in [5, 5.41) is 0. The zero-order chi connectivity index (χ0) is 9.23. The average molecular weight is 189 g/mol. The van der Waals surface area contributed by atoms with Crippen LogP contribution in [0.3, 0.4) is 0 Å². The van der Waals surface area contributed by atoms with E-state index < -0.39 is 9.28 Å². The predicted octanol–water partition coefficient (Wildman–Crippen LogP) is 2.28. The highest BCUT2D eigenvalue weighted by molar-refractivity contribution is 6.44. The molecule has 0 bridgehead atoms. The van der Waals surface area contributed by atoms with Crippen LogP contribution in [0.25, 0.3) is 0 Å². The van der Waals surface area contributed by atoms with Crippen LogP contribution in [0.4, 0.5) is 0 Å². The average Bonchev–Trinajstić information content (AvgIpc) is 2.11. The van der Waals surface area contributed by atoms with Gasteiger partial charge in [0, 0.05) is 14.2 Å². The molecule has 0 aromatic carbocycles. The van der Waals surface area contributed by atoms with Gasteiger partial charge in [0.2, 0.25) is 0 Å². The maximum atomic E-state index is 5.20. The van der Waals surface area contributed by atoms with E-state index in [0.29, 0.717) is 0 Å². The van der Waals surface area contributed by atoms with Crippen LogP contribution in [-0.4, -0.2) is 23.5 Å². The predicted molar refractivity (Wildman–Crippen MR) is 54.4 cm³/mol. The van der Waals surface area contributed by atoms with Crippen molar-refractivity contribution >= 4 is 9.28 Å². The lowest BCUT2D eigenvalue weighted by molar-refractivity contribution is 0.277. The molecule has 0 atom stereocenters. The Morgan fingerprint density at radius 3 is 2.33 bits per heavy atom. The number of hydrogen-bond acceptors (Lipinski definition) is 2. The first-order valence-electron chi connectivity index (χ1n) is 4.72. The Bertz CT molecular complexity index is 84.6. The van der Waals surface area contributed by atoms with Crippen molar-refractivity contribution in [2.24, 2.45) is 0 Å². The third-order valence-electron chi connectivity index (χ3n) is 1.89. The van der Waals surface area contributed by atoms with Gasteiger partial charge >= 0.3 is 9.28 Å². The Balaban J connectivity index is 3.06.